The number of β-amino-alcohol motifs (C(OH)–C–C–N with tert-alkyl or cyclic N) is 1. The highest BCUT2D eigenvalue weighted by molar-refractivity contribution is 5.85. The lowest BCUT2D eigenvalue weighted by Gasteiger charge is -2.27. The molecule has 1 aliphatic heterocycles. The van der Waals surface area contributed by atoms with Crippen LogP contribution in [0.3, 0.4) is 0 Å². The zero-order chi connectivity index (χ0) is 24.0. The molecule has 0 aromatic heterocycles. The van der Waals surface area contributed by atoms with Gasteiger partial charge in [0.05, 0.1) is 18.8 Å². The third-order valence-corrected chi connectivity index (χ3v) is 6.08. The number of aliphatic carboxylic acids is 1. The molecule has 3 atom stereocenters. The number of aliphatic hydroxyl groups is 1. The number of ether oxygens (including phenoxy) is 1. The van der Waals surface area contributed by atoms with Gasteiger partial charge in [-0.2, -0.15) is 0 Å². The summed E-state index contributed by atoms with van der Waals surface area (Å²) in [6.45, 7) is 4.83. The fourth-order valence-electron chi connectivity index (χ4n) is 4.28. The van der Waals surface area contributed by atoms with Crippen molar-refractivity contribution >= 4 is 12.0 Å². The van der Waals surface area contributed by atoms with Crippen LogP contribution in [0.4, 0.5) is 8.78 Å². The van der Waals surface area contributed by atoms with E-state index in [0.29, 0.717) is 23.2 Å². The lowest BCUT2D eigenvalue weighted by molar-refractivity contribution is -0.131. The standard InChI is InChI=1S/C26H31F2NO4/c1-17-5-6-19(13-25(17)28)12-22-4-3-11-29(22)15-23(30)16-33-18(2)24-14-21(27)9-7-20(24)8-10-26(31)32/h5-10,13-14,18,22-23,30H,3-4,11-12,15-16H2,1-2H3,(H,31,32)/b10-8+/t18-,22+,23+/m1/s1. The first-order valence-electron chi connectivity index (χ1n) is 11.2. The van der Waals surface area contributed by atoms with Gasteiger partial charge in [0.25, 0.3) is 0 Å². The first-order valence-corrected chi connectivity index (χ1v) is 11.2. The van der Waals surface area contributed by atoms with Gasteiger partial charge in [0.15, 0.2) is 0 Å². The average molecular weight is 460 g/mol. The molecule has 3 rings (SSSR count). The van der Waals surface area contributed by atoms with Crippen LogP contribution in [0, 0.1) is 18.6 Å². The molecule has 178 valence electrons. The Morgan fingerprint density at radius 2 is 2.06 bits per heavy atom. The molecule has 1 aliphatic rings. The Morgan fingerprint density at radius 3 is 2.79 bits per heavy atom. The first kappa shape index (κ1) is 25.0. The molecule has 0 bridgehead atoms. The monoisotopic (exact) mass is 459 g/mol. The van der Waals surface area contributed by atoms with Gasteiger partial charge in [0, 0.05) is 18.7 Å². The molecule has 2 aromatic rings. The summed E-state index contributed by atoms with van der Waals surface area (Å²) in [7, 11) is 0. The number of aryl methyl sites for hydroxylation is 1. The molecule has 2 N–H and O–H groups in total. The minimum absolute atomic E-state index is 0.0577. The van der Waals surface area contributed by atoms with Crippen molar-refractivity contribution in [3.63, 3.8) is 0 Å². The molecule has 1 heterocycles. The number of nitrogens with zero attached hydrogens (tertiary/aromatic N) is 1. The molecule has 1 saturated heterocycles. The predicted octanol–water partition coefficient (Wildman–Crippen LogP) is 4.52. The quantitative estimate of drug-likeness (QED) is 0.512. The van der Waals surface area contributed by atoms with Crippen LogP contribution in [0.25, 0.3) is 6.08 Å². The van der Waals surface area contributed by atoms with E-state index in [2.05, 4.69) is 4.90 Å². The molecule has 33 heavy (non-hydrogen) atoms. The van der Waals surface area contributed by atoms with Crippen molar-refractivity contribution in [1.29, 1.82) is 0 Å². The van der Waals surface area contributed by atoms with Crippen molar-refractivity contribution in [3.05, 3.63) is 76.4 Å². The van der Waals surface area contributed by atoms with E-state index < -0.39 is 24.0 Å². The summed E-state index contributed by atoms with van der Waals surface area (Å²) < 4.78 is 33.5. The number of hydrogen-bond acceptors (Lipinski definition) is 4. The van der Waals surface area contributed by atoms with Gasteiger partial charge in [0.1, 0.15) is 11.6 Å². The maximum Gasteiger partial charge on any atom is 0.328 e. The second kappa shape index (κ2) is 11.5. The molecule has 0 aliphatic carbocycles. The average Bonchev–Trinajstić information content (AvgIpc) is 3.19. The van der Waals surface area contributed by atoms with Crippen molar-refractivity contribution in [2.75, 3.05) is 19.7 Å². The fourth-order valence-corrected chi connectivity index (χ4v) is 4.28. The van der Waals surface area contributed by atoms with Gasteiger partial charge in [-0.3, -0.25) is 4.90 Å². The van der Waals surface area contributed by atoms with E-state index in [9.17, 15) is 18.7 Å². The Bertz CT molecular complexity index is 994. The smallest absolute Gasteiger partial charge is 0.328 e. The Hall–Kier alpha value is -2.61. The number of likely N-dealkylation sites (tertiary alicyclic amines) is 1. The third kappa shape index (κ3) is 7.19. The van der Waals surface area contributed by atoms with Gasteiger partial charge < -0.3 is 14.9 Å². The Labute approximate surface area is 193 Å². The normalized spacial score (nSPS) is 18.6. The molecule has 5 nitrogen and oxygen atoms in total. The van der Waals surface area contributed by atoms with Gasteiger partial charge >= 0.3 is 5.97 Å². The maximum atomic E-state index is 13.9. The van der Waals surface area contributed by atoms with E-state index in [1.807, 2.05) is 6.07 Å². The zero-order valence-electron chi connectivity index (χ0n) is 19.0. The molecule has 0 radical (unpaired) electrons. The molecule has 1 fully saturated rings. The molecule has 0 amide bonds. The highest BCUT2D eigenvalue weighted by Crippen LogP contribution is 2.25. The van der Waals surface area contributed by atoms with Gasteiger partial charge in [-0.15, -0.1) is 0 Å². The lowest BCUT2D eigenvalue weighted by atomic mass is 10.0. The summed E-state index contributed by atoms with van der Waals surface area (Å²) in [5.74, 6) is -1.74. The van der Waals surface area contributed by atoms with Crippen LogP contribution < -0.4 is 0 Å². The highest BCUT2D eigenvalue weighted by atomic mass is 19.1. The number of aliphatic hydroxyl groups excluding tert-OH is 1. The number of carboxylic acids is 1. The van der Waals surface area contributed by atoms with Gasteiger partial charge in [0.2, 0.25) is 0 Å². The fraction of sp³-hybridized carbons (Fsp3) is 0.423. The van der Waals surface area contributed by atoms with E-state index in [1.54, 1.807) is 26.0 Å². The van der Waals surface area contributed by atoms with Gasteiger partial charge in [-0.05, 0) is 86.2 Å². The van der Waals surface area contributed by atoms with Gasteiger partial charge in [-0.1, -0.05) is 18.2 Å². The van der Waals surface area contributed by atoms with Crippen LogP contribution >= 0.6 is 0 Å². The van der Waals surface area contributed by atoms with Crippen molar-refractivity contribution in [1.82, 2.24) is 4.90 Å². The topological polar surface area (TPSA) is 70.0 Å². The van der Waals surface area contributed by atoms with Gasteiger partial charge in [-0.25, -0.2) is 13.6 Å². The molecule has 0 spiro atoms. The van der Waals surface area contributed by atoms with Crippen LogP contribution in [0.1, 0.15) is 48.1 Å². The number of carbonyl (C=O) groups is 1. The Kier molecular flexibility index (Phi) is 8.72. The summed E-state index contributed by atoms with van der Waals surface area (Å²) in [6, 6.07) is 9.64. The molecule has 2 aromatic carbocycles. The van der Waals surface area contributed by atoms with E-state index in [0.717, 1.165) is 37.4 Å². The molecule has 0 unspecified atom stereocenters. The largest absolute Gasteiger partial charge is 0.478 e. The van der Waals surface area contributed by atoms with Crippen LogP contribution in [-0.2, 0) is 16.0 Å². The van der Waals surface area contributed by atoms with Crippen LogP contribution in [0.15, 0.2) is 42.5 Å². The summed E-state index contributed by atoms with van der Waals surface area (Å²) >= 11 is 0. The molecular weight excluding hydrogens is 428 g/mol. The minimum Gasteiger partial charge on any atom is -0.478 e. The van der Waals surface area contributed by atoms with Crippen molar-refractivity contribution in [2.45, 2.75) is 51.4 Å². The third-order valence-electron chi connectivity index (χ3n) is 6.08. The molecule has 7 heteroatoms. The first-order chi connectivity index (χ1) is 15.7. The lowest BCUT2D eigenvalue weighted by Crippen LogP contribution is -2.39. The summed E-state index contributed by atoms with van der Waals surface area (Å²) in [4.78, 5) is 13.0. The Morgan fingerprint density at radius 1 is 1.27 bits per heavy atom. The van der Waals surface area contributed by atoms with E-state index in [-0.39, 0.29) is 18.5 Å². The summed E-state index contributed by atoms with van der Waals surface area (Å²) in [6.07, 6.45) is 3.85. The maximum absolute atomic E-state index is 13.9. The highest BCUT2D eigenvalue weighted by Gasteiger charge is 2.27. The predicted molar refractivity (Wildman–Crippen MR) is 123 cm³/mol. The van der Waals surface area contributed by atoms with Crippen LogP contribution in [0.2, 0.25) is 0 Å². The summed E-state index contributed by atoms with van der Waals surface area (Å²) in [5.41, 5.74) is 2.64. The number of halogens is 2. The number of rotatable bonds is 10. The van der Waals surface area contributed by atoms with E-state index in [1.165, 1.54) is 24.3 Å². The summed E-state index contributed by atoms with van der Waals surface area (Å²) in [5, 5.41) is 19.4. The number of carboxylic acid groups (broad SMARTS) is 1. The zero-order valence-corrected chi connectivity index (χ0v) is 19.0. The second-order valence-electron chi connectivity index (χ2n) is 8.65. The Balaban J connectivity index is 1.56. The SMILES string of the molecule is Cc1ccc(C[C@@H]2CCCN2C[C@H](O)CO[C@H](C)c2cc(F)ccc2/C=C/C(=O)O)cc1F. The molecular formula is C26H31F2NO4. The van der Waals surface area contributed by atoms with E-state index in [4.69, 9.17) is 9.84 Å². The molecule has 0 saturated carbocycles. The number of hydrogen-bond donors (Lipinski definition) is 2. The van der Waals surface area contributed by atoms with Crippen molar-refractivity contribution in [3.8, 4) is 0 Å². The second-order valence-corrected chi connectivity index (χ2v) is 8.65. The van der Waals surface area contributed by atoms with Crippen molar-refractivity contribution < 1.29 is 28.5 Å². The number of benzene rings is 2. The van der Waals surface area contributed by atoms with Crippen molar-refractivity contribution in [2.24, 2.45) is 0 Å². The van der Waals surface area contributed by atoms with Crippen LogP contribution in [0.5, 0.6) is 0 Å². The minimum atomic E-state index is -1.09. The van der Waals surface area contributed by atoms with Crippen LogP contribution in [-0.4, -0.2) is 52.9 Å². The van der Waals surface area contributed by atoms with E-state index >= 15 is 0 Å².